The molecule has 1 atom stereocenters. The van der Waals surface area contributed by atoms with Gasteiger partial charge in [-0.05, 0) is 23.7 Å². The van der Waals surface area contributed by atoms with E-state index in [0.29, 0.717) is 5.17 Å². The molecular formula is C19H25N5O3S. The summed E-state index contributed by atoms with van der Waals surface area (Å²) in [6.07, 6.45) is 1.41. The van der Waals surface area contributed by atoms with Crippen LogP contribution in [0.4, 0.5) is 0 Å². The molecule has 0 aromatic heterocycles. The highest BCUT2D eigenvalue weighted by Gasteiger charge is 2.32. The molecule has 0 saturated carbocycles. The van der Waals surface area contributed by atoms with Crippen molar-refractivity contribution in [3.63, 3.8) is 0 Å². The molecule has 1 aromatic carbocycles. The first-order chi connectivity index (χ1) is 13.5. The summed E-state index contributed by atoms with van der Waals surface area (Å²) in [6, 6.07) is 8.15. The van der Waals surface area contributed by atoms with Crippen molar-refractivity contribution >= 4 is 35.0 Å². The highest BCUT2D eigenvalue weighted by Crippen LogP contribution is 2.22. The Bertz CT molecular complexity index is 775. The van der Waals surface area contributed by atoms with Gasteiger partial charge in [-0.15, -0.1) is 5.10 Å². The molecule has 2 fully saturated rings. The Kier molecular flexibility index (Phi) is 7.18. The molecule has 1 unspecified atom stereocenters. The lowest BCUT2D eigenvalue weighted by atomic mass is 10.1. The van der Waals surface area contributed by atoms with Crippen LogP contribution in [0.1, 0.15) is 24.5 Å². The second-order valence-electron chi connectivity index (χ2n) is 6.80. The first-order valence-corrected chi connectivity index (χ1v) is 10.3. The third-order valence-corrected chi connectivity index (χ3v) is 5.83. The average Bonchev–Trinajstić information content (AvgIpc) is 3.01. The Morgan fingerprint density at radius 2 is 2.07 bits per heavy atom. The maximum Gasteiger partial charge on any atom is 0.305 e. The van der Waals surface area contributed by atoms with E-state index in [9.17, 15) is 9.59 Å². The van der Waals surface area contributed by atoms with E-state index in [0.717, 1.165) is 56.6 Å². The Balaban J connectivity index is 1.54. The number of rotatable bonds is 7. The van der Waals surface area contributed by atoms with Crippen molar-refractivity contribution in [3.05, 3.63) is 35.4 Å². The molecule has 28 heavy (non-hydrogen) atoms. The topological polar surface area (TPSA) is 97.6 Å². The van der Waals surface area contributed by atoms with Gasteiger partial charge in [0, 0.05) is 32.7 Å². The molecule has 3 rings (SSSR count). The molecule has 2 N–H and O–H groups in total. The largest absolute Gasteiger partial charge is 0.481 e. The number of hydrogen-bond donors (Lipinski definition) is 2. The van der Waals surface area contributed by atoms with Crippen LogP contribution >= 0.6 is 11.8 Å². The lowest BCUT2D eigenvalue weighted by molar-refractivity contribution is -0.138. The number of benzene rings is 1. The van der Waals surface area contributed by atoms with Crippen LogP contribution in [0.15, 0.2) is 34.5 Å². The number of piperazine rings is 1. The van der Waals surface area contributed by atoms with Crippen molar-refractivity contribution in [1.29, 1.82) is 0 Å². The minimum atomic E-state index is -1.01. The number of amides is 1. The lowest BCUT2D eigenvalue weighted by Crippen LogP contribution is -2.45. The van der Waals surface area contributed by atoms with Crippen molar-refractivity contribution < 1.29 is 14.7 Å². The first-order valence-electron chi connectivity index (χ1n) is 9.37. The van der Waals surface area contributed by atoms with E-state index >= 15 is 0 Å². The van der Waals surface area contributed by atoms with E-state index in [1.807, 2.05) is 12.1 Å². The van der Waals surface area contributed by atoms with E-state index < -0.39 is 11.2 Å². The number of nitrogens with one attached hydrogen (secondary N) is 1. The normalized spacial score (nSPS) is 22.8. The van der Waals surface area contributed by atoms with E-state index in [-0.39, 0.29) is 12.3 Å². The van der Waals surface area contributed by atoms with Crippen LogP contribution in [0, 0.1) is 0 Å². The fourth-order valence-corrected chi connectivity index (χ4v) is 4.10. The van der Waals surface area contributed by atoms with Crippen LogP contribution in [-0.4, -0.2) is 76.1 Å². The Labute approximate surface area is 168 Å². The molecule has 0 aliphatic carbocycles. The smallest absolute Gasteiger partial charge is 0.305 e. The third kappa shape index (κ3) is 5.88. The van der Waals surface area contributed by atoms with E-state index in [4.69, 9.17) is 5.11 Å². The zero-order valence-electron chi connectivity index (χ0n) is 15.9. The monoisotopic (exact) mass is 403 g/mol. The third-order valence-electron chi connectivity index (χ3n) is 4.76. The summed E-state index contributed by atoms with van der Waals surface area (Å²) in [4.78, 5) is 27.3. The number of likely N-dealkylation sites (N-methyl/N-ethyl adjacent to an activating group) is 1. The number of hydrogen-bond acceptors (Lipinski definition) is 7. The van der Waals surface area contributed by atoms with Gasteiger partial charge in [0.25, 0.3) is 0 Å². The van der Waals surface area contributed by atoms with Crippen molar-refractivity contribution in [1.82, 2.24) is 15.1 Å². The number of carboxylic acid groups (broad SMARTS) is 1. The quantitative estimate of drug-likeness (QED) is 0.525. The predicted molar refractivity (Wildman–Crippen MR) is 111 cm³/mol. The van der Waals surface area contributed by atoms with Crippen LogP contribution < -0.4 is 5.32 Å². The Morgan fingerprint density at radius 1 is 1.32 bits per heavy atom. The standard InChI is InChI=1S/C19H25N5O3S/c1-2-23-6-8-24(9-7-23)13-15-5-3-4-14(10-15)12-20-22-19-21-18(27)16(28-19)11-17(25)26/h3-5,10,12,16H,2,6-9,11,13H2,1H3,(H,25,26)(H,21,22,27). The summed E-state index contributed by atoms with van der Waals surface area (Å²) < 4.78 is 0. The second kappa shape index (κ2) is 9.81. The molecule has 2 heterocycles. The minimum Gasteiger partial charge on any atom is -0.481 e. The van der Waals surface area contributed by atoms with Gasteiger partial charge >= 0.3 is 5.97 Å². The van der Waals surface area contributed by atoms with Gasteiger partial charge in [-0.2, -0.15) is 5.10 Å². The predicted octanol–water partition coefficient (Wildman–Crippen LogP) is 1.22. The number of carbonyl (C=O) groups is 2. The molecule has 150 valence electrons. The fourth-order valence-electron chi connectivity index (χ4n) is 3.19. The Morgan fingerprint density at radius 3 is 2.79 bits per heavy atom. The zero-order chi connectivity index (χ0) is 19.9. The maximum atomic E-state index is 11.7. The van der Waals surface area contributed by atoms with Crippen LogP contribution in [0.5, 0.6) is 0 Å². The summed E-state index contributed by atoms with van der Waals surface area (Å²) in [6.45, 7) is 8.60. The van der Waals surface area contributed by atoms with E-state index in [1.54, 1.807) is 6.21 Å². The first kappa shape index (κ1) is 20.5. The SMILES string of the molecule is CCN1CCN(Cc2cccc(C=NN=C3NC(=O)C(CC(=O)O)S3)c2)CC1. The van der Waals surface area contributed by atoms with Crippen LogP contribution in [0.2, 0.25) is 0 Å². The van der Waals surface area contributed by atoms with Crippen molar-refractivity contribution in [2.45, 2.75) is 25.1 Å². The van der Waals surface area contributed by atoms with Gasteiger partial charge < -0.3 is 15.3 Å². The minimum absolute atomic E-state index is 0.228. The number of aliphatic carboxylic acids is 1. The zero-order valence-corrected chi connectivity index (χ0v) is 16.7. The summed E-state index contributed by atoms with van der Waals surface area (Å²) in [5.41, 5.74) is 2.16. The van der Waals surface area contributed by atoms with Crippen LogP contribution in [0.3, 0.4) is 0 Å². The molecule has 2 saturated heterocycles. The summed E-state index contributed by atoms with van der Waals surface area (Å²) in [5.74, 6) is -1.35. The molecule has 2 aliphatic rings. The summed E-state index contributed by atoms with van der Waals surface area (Å²) >= 11 is 1.09. The van der Waals surface area contributed by atoms with Gasteiger partial charge in [0.2, 0.25) is 5.91 Å². The lowest BCUT2D eigenvalue weighted by Gasteiger charge is -2.34. The number of carboxylic acids is 1. The number of thioether (sulfide) groups is 1. The van der Waals surface area contributed by atoms with E-state index in [2.05, 4.69) is 44.4 Å². The van der Waals surface area contributed by atoms with Gasteiger partial charge in [0.15, 0.2) is 5.17 Å². The molecular weight excluding hydrogens is 378 g/mol. The molecule has 8 nitrogen and oxygen atoms in total. The number of nitrogens with zero attached hydrogens (tertiary/aromatic N) is 4. The Hall–Kier alpha value is -2.23. The highest BCUT2D eigenvalue weighted by atomic mass is 32.2. The van der Waals surface area contributed by atoms with Crippen molar-refractivity contribution in [3.8, 4) is 0 Å². The average molecular weight is 404 g/mol. The second-order valence-corrected chi connectivity index (χ2v) is 7.99. The molecule has 0 spiro atoms. The molecule has 9 heteroatoms. The van der Waals surface area contributed by atoms with Crippen LogP contribution in [-0.2, 0) is 16.1 Å². The van der Waals surface area contributed by atoms with Gasteiger partial charge in [0.1, 0.15) is 5.25 Å². The highest BCUT2D eigenvalue weighted by molar-refractivity contribution is 8.15. The fraction of sp³-hybridized carbons (Fsp3) is 0.474. The van der Waals surface area contributed by atoms with Gasteiger partial charge in [-0.1, -0.05) is 36.9 Å². The van der Waals surface area contributed by atoms with Gasteiger partial charge in [0.05, 0.1) is 12.6 Å². The van der Waals surface area contributed by atoms with Gasteiger partial charge in [-0.3, -0.25) is 14.5 Å². The van der Waals surface area contributed by atoms with Gasteiger partial charge in [-0.25, -0.2) is 0 Å². The molecule has 0 radical (unpaired) electrons. The molecule has 0 bridgehead atoms. The number of amidine groups is 1. The summed E-state index contributed by atoms with van der Waals surface area (Å²) in [5, 5.41) is 19.1. The maximum absolute atomic E-state index is 11.7. The number of carbonyl (C=O) groups excluding carboxylic acids is 1. The van der Waals surface area contributed by atoms with Crippen molar-refractivity contribution in [2.75, 3.05) is 32.7 Å². The van der Waals surface area contributed by atoms with Crippen LogP contribution in [0.25, 0.3) is 0 Å². The molecule has 1 amide bonds. The van der Waals surface area contributed by atoms with Crippen molar-refractivity contribution in [2.24, 2.45) is 10.2 Å². The van der Waals surface area contributed by atoms with E-state index in [1.165, 1.54) is 5.56 Å². The molecule has 2 aliphatic heterocycles. The molecule has 1 aromatic rings. The summed E-state index contributed by atoms with van der Waals surface area (Å²) in [7, 11) is 0.